The quantitative estimate of drug-likeness (QED) is 0.450. The summed E-state index contributed by atoms with van der Waals surface area (Å²) in [5.41, 5.74) is 3.02. The van der Waals surface area contributed by atoms with Crippen LogP contribution in [0.3, 0.4) is 0 Å². The number of aromatic nitrogens is 6. The number of anilines is 3. The molecule has 5 rings (SSSR count). The monoisotopic (exact) mass is 440 g/mol. The molecule has 0 saturated heterocycles. The Labute approximate surface area is 191 Å². The minimum atomic E-state index is -0.320. The molecule has 1 aliphatic carbocycles. The van der Waals surface area contributed by atoms with Gasteiger partial charge in [0.15, 0.2) is 5.69 Å². The van der Waals surface area contributed by atoms with Crippen molar-refractivity contribution in [2.24, 2.45) is 0 Å². The van der Waals surface area contributed by atoms with Crippen LogP contribution in [0.15, 0.2) is 67.5 Å². The summed E-state index contributed by atoms with van der Waals surface area (Å²) in [6.07, 6.45) is 13.7. The fourth-order valence-electron chi connectivity index (χ4n) is 4.11. The van der Waals surface area contributed by atoms with Crippen LogP contribution in [0.5, 0.6) is 0 Å². The van der Waals surface area contributed by atoms with Crippen molar-refractivity contribution in [2.45, 2.75) is 38.1 Å². The average molecular weight is 441 g/mol. The highest BCUT2D eigenvalue weighted by molar-refractivity contribution is 6.06. The van der Waals surface area contributed by atoms with Gasteiger partial charge in [-0.15, -0.1) is 0 Å². The third kappa shape index (κ3) is 4.72. The zero-order chi connectivity index (χ0) is 22.5. The number of amides is 1. The van der Waals surface area contributed by atoms with Crippen LogP contribution < -0.4 is 10.6 Å². The van der Waals surface area contributed by atoms with Crippen LogP contribution in [-0.4, -0.2) is 35.6 Å². The maximum Gasteiger partial charge on any atom is 0.277 e. The molecule has 166 valence electrons. The summed E-state index contributed by atoms with van der Waals surface area (Å²) >= 11 is 0. The lowest BCUT2D eigenvalue weighted by Crippen LogP contribution is -2.21. The Balaban J connectivity index is 1.45. The van der Waals surface area contributed by atoms with Crippen molar-refractivity contribution >= 4 is 23.1 Å². The third-order valence-corrected chi connectivity index (χ3v) is 5.69. The highest BCUT2D eigenvalue weighted by atomic mass is 16.2. The van der Waals surface area contributed by atoms with Crippen LogP contribution in [0.4, 0.5) is 17.2 Å². The van der Waals surface area contributed by atoms with E-state index in [9.17, 15) is 4.79 Å². The summed E-state index contributed by atoms with van der Waals surface area (Å²) in [7, 11) is 0. The number of hydrogen-bond donors (Lipinski definition) is 2. The molecule has 1 aliphatic rings. The van der Waals surface area contributed by atoms with Crippen molar-refractivity contribution in [1.82, 2.24) is 29.7 Å². The van der Waals surface area contributed by atoms with E-state index in [-0.39, 0.29) is 17.6 Å². The SMILES string of the molecule is O=C(Nc1cc(-c2ccccn2)nn1C1CCCCC1)c1ncccc1Nc1cncnc1. The highest BCUT2D eigenvalue weighted by Gasteiger charge is 2.23. The molecule has 1 amide bonds. The summed E-state index contributed by atoms with van der Waals surface area (Å²) < 4.78 is 1.95. The maximum atomic E-state index is 13.3. The fourth-order valence-corrected chi connectivity index (χ4v) is 4.11. The smallest absolute Gasteiger partial charge is 0.277 e. The largest absolute Gasteiger partial charge is 0.351 e. The third-order valence-electron chi connectivity index (χ3n) is 5.69. The van der Waals surface area contributed by atoms with Crippen molar-refractivity contribution in [2.75, 3.05) is 10.6 Å². The van der Waals surface area contributed by atoms with Crippen LogP contribution in [-0.2, 0) is 0 Å². The number of nitrogens with one attached hydrogen (secondary N) is 2. The van der Waals surface area contributed by atoms with Gasteiger partial charge in [-0.05, 0) is 37.1 Å². The Hall–Kier alpha value is -4.14. The number of hydrogen-bond acceptors (Lipinski definition) is 7. The fraction of sp³-hybridized carbons (Fsp3) is 0.250. The Morgan fingerprint density at radius 2 is 1.76 bits per heavy atom. The Morgan fingerprint density at radius 3 is 2.55 bits per heavy atom. The molecule has 4 heterocycles. The predicted octanol–water partition coefficient (Wildman–Crippen LogP) is 4.63. The topological polar surface area (TPSA) is 111 Å². The van der Waals surface area contributed by atoms with Crippen LogP contribution in [0.25, 0.3) is 11.4 Å². The Bertz CT molecular complexity index is 1220. The number of nitrogens with zero attached hydrogens (tertiary/aromatic N) is 6. The minimum absolute atomic E-state index is 0.245. The summed E-state index contributed by atoms with van der Waals surface area (Å²) in [5, 5.41) is 11.0. The molecule has 0 aliphatic heterocycles. The van der Waals surface area contributed by atoms with E-state index in [1.165, 1.54) is 12.7 Å². The first-order valence-corrected chi connectivity index (χ1v) is 11.1. The summed E-state index contributed by atoms with van der Waals surface area (Å²) in [6, 6.07) is 11.4. The van der Waals surface area contributed by atoms with Crippen molar-refractivity contribution < 1.29 is 4.79 Å². The number of rotatable bonds is 6. The van der Waals surface area contributed by atoms with E-state index < -0.39 is 0 Å². The van der Waals surface area contributed by atoms with Gasteiger partial charge in [-0.1, -0.05) is 25.3 Å². The van der Waals surface area contributed by atoms with E-state index in [4.69, 9.17) is 5.10 Å². The molecule has 2 N–H and O–H groups in total. The molecular formula is C24H24N8O. The first-order valence-electron chi connectivity index (χ1n) is 11.1. The lowest BCUT2D eigenvalue weighted by atomic mass is 9.96. The number of carbonyl (C=O) groups is 1. The molecule has 9 nitrogen and oxygen atoms in total. The molecule has 1 saturated carbocycles. The molecule has 0 unspecified atom stereocenters. The number of pyridine rings is 2. The second-order valence-electron chi connectivity index (χ2n) is 7.97. The lowest BCUT2D eigenvalue weighted by molar-refractivity contribution is 0.102. The second kappa shape index (κ2) is 9.56. The standard InChI is InChI=1S/C24H24N8O/c33-24(23-20(10-6-12-28-23)29-17-14-25-16-26-15-17)30-22-13-21(19-9-4-5-11-27-19)31-32(22)18-7-2-1-3-8-18/h4-6,9-16,18,29H,1-3,7-8H2,(H,30,33). The number of carbonyl (C=O) groups excluding carboxylic acids is 1. The molecule has 0 radical (unpaired) electrons. The van der Waals surface area contributed by atoms with E-state index in [1.807, 2.05) is 28.9 Å². The first-order chi connectivity index (χ1) is 16.3. The molecule has 33 heavy (non-hydrogen) atoms. The van der Waals surface area contributed by atoms with Gasteiger partial charge in [0.05, 0.1) is 35.5 Å². The maximum absolute atomic E-state index is 13.3. The molecule has 0 atom stereocenters. The van der Waals surface area contributed by atoms with Gasteiger partial charge in [0.25, 0.3) is 5.91 Å². The molecule has 1 fully saturated rings. The average Bonchev–Trinajstić information content (AvgIpc) is 3.30. The summed E-state index contributed by atoms with van der Waals surface area (Å²) in [4.78, 5) is 30.1. The second-order valence-corrected chi connectivity index (χ2v) is 7.97. The minimum Gasteiger partial charge on any atom is -0.351 e. The lowest BCUT2D eigenvalue weighted by Gasteiger charge is -2.24. The summed E-state index contributed by atoms with van der Waals surface area (Å²) in [5.74, 6) is 0.326. The van der Waals surface area contributed by atoms with Crippen LogP contribution in [0, 0.1) is 0 Å². The van der Waals surface area contributed by atoms with Crippen molar-refractivity contribution in [3.8, 4) is 11.4 Å². The van der Waals surface area contributed by atoms with Gasteiger partial charge in [-0.2, -0.15) is 5.10 Å². The zero-order valence-corrected chi connectivity index (χ0v) is 18.1. The van der Waals surface area contributed by atoms with Gasteiger partial charge >= 0.3 is 0 Å². The van der Waals surface area contributed by atoms with Crippen LogP contribution in [0.1, 0.15) is 48.6 Å². The van der Waals surface area contributed by atoms with Gasteiger partial charge in [0, 0.05) is 18.5 Å². The molecule has 4 aromatic rings. The van der Waals surface area contributed by atoms with Gasteiger partial charge in [0.1, 0.15) is 17.8 Å². The molecule has 0 bridgehead atoms. The van der Waals surface area contributed by atoms with E-state index in [0.717, 1.165) is 37.1 Å². The van der Waals surface area contributed by atoms with Crippen LogP contribution in [0.2, 0.25) is 0 Å². The van der Waals surface area contributed by atoms with E-state index >= 15 is 0 Å². The van der Waals surface area contributed by atoms with Crippen LogP contribution >= 0.6 is 0 Å². The van der Waals surface area contributed by atoms with Gasteiger partial charge in [-0.25, -0.2) is 19.6 Å². The molecule has 0 aromatic carbocycles. The highest BCUT2D eigenvalue weighted by Crippen LogP contribution is 2.32. The van der Waals surface area contributed by atoms with Crippen molar-refractivity contribution in [3.05, 3.63) is 73.2 Å². The van der Waals surface area contributed by atoms with E-state index in [1.54, 1.807) is 36.9 Å². The molecule has 0 spiro atoms. The van der Waals surface area contributed by atoms with Gasteiger partial charge in [0.2, 0.25) is 0 Å². The van der Waals surface area contributed by atoms with Crippen molar-refractivity contribution in [1.29, 1.82) is 0 Å². The molecule has 4 aromatic heterocycles. The first kappa shape index (κ1) is 20.7. The molecular weight excluding hydrogens is 416 g/mol. The predicted molar refractivity (Wildman–Crippen MR) is 125 cm³/mol. The van der Waals surface area contributed by atoms with E-state index in [0.29, 0.717) is 17.2 Å². The molecule has 9 heteroatoms. The Morgan fingerprint density at radius 1 is 0.939 bits per heavy atom. The van der Waals surface area contributed by atoms with Gasteiger partial charge in [-0.3, -0.25) is 9.78 Å². The van der Waals surface area contributed by atoms with Gasteiger partial charge < -0.3 is 10.6 Å². The Kier molecular flexibility index (Phi) is 6.01. The normalized spacial score (nSPS) is 14.1. The zero-order valence-electron chi connectivity index (χ0n) is 18.1. The van der Waals surface area contributed by atoms with E-state index in [2.05, 4.69) is 30.6 Å². The van der Waals surface area contributed by atoms with Crippen molar-refractivity contribution in [3.63, 3.8) is 0 Å². The summed E-state index contributed by atoms with van der Waals surface area (Å²) in [6.45, 7) is 0.